The van der Waals surface area contributed by atoms with Gasteiger partial charge >= 0.3 is 0 Å². The van der Waals surface area contributed by atoms with Gasteiger partial charge in [-0.3, -0.25) is 0 Å². The summed E-state index contributed by atoms with van der Waals surface area (Å²) >= 11 is 0. The quantitative estimate of drug-likeness (QED) is 0.397. The molecule has 1 heterocycles. The van der Waals surface area contributed by atoms with Gasteiger partial charge in [-0.1, -0.05) is 91.0 Å². The minimum absolute atomic E-state index is 0.512. The summed E-state index contributed by atoms with van der Waals surface area (Å²) in [4.78, 5) is 0. The number of hydrogen-bond donors (Lipinski definition) is 0. The molecule has 0 fully saturated rings. The molecule has 0 N–H and O–H groups in total. The van der Waals surface area contributed by atoms with Gasteiger partial charge in [0.15, 0.2) is 5.60 Å². The van der Waals surface area contributed by atoms with Crippen LogP contribution >= 0.6 is 0 Å². The van der Waals surface area contributed by atoms with Crippen LogP contribution in [0.2, 0.25) is 0 Å². The highest BCUT2D eigenvalue weighted by Crippen LogP contribution is 2.46. The van der Waals surface area contributed by atoms with Crippen molar-refractivity contribution in [3.8, 4) is 5.75 Å². The van der Waals surface area contributed by atoms with Crippen molar-refractivity contribution in [1.82, 2.24) is 0 Å². The van der Waals surface area contributed by atoms with Gasteiger partial charge in [-0.15, -0.1) is 0 Å². The van der Waals surface area contributed by atoms with Gasteiger partial charge in [0.2, 0.25) is 0 Å². The molecule has 1 aliphatic rings. The lowest BCUT2D eigenvalue weighted by Crippen LogP contribution is -2.30. The van der Waals surface area contributed by atoms with E-state index in [1.807, 2.05) is 6.07 Å². The minimum atomic E-state index is -0.512. The van der Waals surface area contributed by atoms with Crippen molar-refractivity contribution in [2.24, 2.45) is 0 Å². The Morgan fingerprint density at radius 2 is 1.33 bits per heavy atom. The van der Waals surface area contributed by atoms with Gasteiger partial charge in [0.1, 0.15) is 5.75 Å². The maximum atomic E-state index is 6.59. The summed E-state index contributed by atoms with van der Waals surface area (Å²) in [6, 6.07) is 33.8. The lowest BCUT2D eigenvalue weighted by Gasteiger charge is -2.35. The Morgan fingerprint density at radius 1 is 0.667 bits per heavy atom. The minimum Gasteiger partial charge on any atom is -0.478 e. The lowest BCUT2D eigenvalue weighted by atomic mass is 9.83. The second kappa shape index (κ2) is 6.14. The molecule has 1 unspecified atom stereocenters. The molecule has 0 radical (unpaired) electrons. The Morgan fingerprint density at radius 3 is 2.11 bits per heavy atom. The Kier molecular flexibility index (Phi) is 3.61. The first-order valence-electron chi connectivity index (χ1n) is 9.29. The molecule has 0 aromatic heterocycles. The van der Waals surface area contributed by atoms with E-state index < -0.39 is 5.60 Å². The number of ether oxygens (including phenoxy) is 1. The summed E-state index contributed by atoms with van der Waals surface area (Å²) in [6.07, 6.45) is 2.27. The molecule has 4 aromatic rings. The Hall–Kier alpha value is -3.32. The fraction of sp³-hybridized carbons (Fsp3) is 0.0769. The van der Waals surface area contributed by atoms with E-state index in [-0.39, 0.29) is 0 Å². The predicted octanol–water partition coefficient (Wildman–Crippen LogP) is 6.58. The third kappa shape index (κ3) is 2.63. The van der Waals surface area contributed by atoms with Crippen LogP contribution in [0.15, 0.2) is 103 Å². The standard InChI is InChI=1S/C26H20O/c1-26(21-13-6-3-7-14-21)18-23(19-10-4-2-5-11-19)25-22-15-9-8-12-20(22)16-17-24(25)27-26/h2-18H,1H3. The smallest absolute Gasteiger partial charge is 0.150 e. The van der Waals surface area contributed by atoms with Crippen LogP contribution < -0.4 is 4.74 Å². The van der Waals surface area contributed by atoms with Gasteiger partial charge in [0, 0.05) is 5.56 Å². The van der Waals surface area contributed by atoms with Crippen LogP contribution in [-0.4, -0.2) is 0 Å². The number of benzene rings is 4. The molecule has 0 saturated carbocycles. The molecule has 1 aliphatic heterocycles. The molecule has 0 spiro atoms. The molecule has 0 saturated heterocycles. The van der Waals surface area contributed by atoms with Gasteiger partial charge in [0.25, 0.3) is 0 Å². The first-order chi connectivity index (χ1) is 13.2. The number of fused-ring (bicyclic) bond motifs is 3. The highest BCUT2D eigenvalue weighted by Gasteiger charge is 2.33. The van der Waals surface area contributed by atoms with Crippen molar-refractivity contribution in [3.63, 3.8) is 0 Å². The molecule has 1 heteroatoms. The van der Waals surface area contributed by atoms with E-state index in [1.54, 1.807) is 0 Å². The fourth-order valence-electron chi connectivity index (χ4n) is 3.98. The molecular weight excluding hydrogens is 328 g/mol. The van der Waals surface area contributed by atoms with Gasteiger partial charge < -0.3 is 4.74 Å². The van der Waals surface area contributed by atoms with Crippen LogP contribution in [0, 0.1) is 0 Å². The summed E-state index contributed by atoms with van der Waals surface area (Å²) in [5, 5.41) is 2.45. The maximum Gasteiger partial charge on any atom is 0.150 e. The first kappa shape index (κ1) is 15.9. The molecule has 4 aromatic carbocycles. The average molecular weight is 348 g/mol. The third-order valence-corrected chi connectivity index (χ3v) is 5.33. The van der Waals surface area contributed by atoms with Crippen molar-refractivity contribution < 1.29 is 4.74 Å². The van der Waals surface area contributed by atoms with Crippen molar-refractivity contribution in [2.45, 2.75) is 12.5 Å². The Labute approximate surface area is 159 Å². The summed E-state index contributed by atoms with van der Waals surface area (Å²) in [5.74, 6) is 0.932. The van der Waals surface area contributed by atoms with Crippen molar-refractivity contribution in [1.29, 1.82) is 0 Å². The number of hydrogen-bond acceptors (Lipinski definition) is 1. The van der Waals surface area contributed by atoms with Crippen molar-refractivity contribution in [3.05, 3.63) is 120 Å². The molecule has 0 amide bonds. The zero-order chi connectivity index (χ0) is 18.3. The van der Waals surface area contributed by atoms with Gasteiger partial charge in [-0.25, -0.2) is 0 Å². The van der Waals surface area contributed by atoms with Crippen LogP contribution in [0.4, 0.5) is 0 Å². The molecule has 27 heavy (non-hydrogen) atoms. The Bertz CT molecular complexity index is 1140. The predicted molar refractivity (Wildman–Crippen MR) is 112 cm³/mol. The van der Waals surface area contributed by atoms with E-state index in [0.717, 1.165) is 11.3 Å². The van der Waals surface area contributed by atoms with E-state index in [9.17, 15) is 0 Å². The molecule has 1 nitrogen and oxygen atoms in total. The second-order valence-electron chi connectivity index (χ2n) is 7.16. The zero-order valence-corrected chi connectivity index (χ0v) is 15.2. The molecule has 0 aliphatic carbocycles. The second-order valence-corrected chi connectivity index (χ2v) is 7.16. The molecule has 5 rings (SSSR count). The van der Waals surface area contributed by atoms with E-state index in [4.69, 9.17) is 4.74 Å². The molecular formula is C26H20O. The molecule has 1 atom stereocenters. The van der Waals surface area contributed by atoms with Gasteiger partial charge in [-0.2, -0.15) is 0 Å². The summed E-state index contributed by atoms with van der Waals surface area (Å²) in [7, 11) is 0. The summed E-state index contributed by atoms with van der Waals surface area (Å²) < 4.78 is 6.59. The van der Waals surface area contributed by atoms with Gasteiger partial charge in [0.05, 0.1) is 0 Å². The number of rotatable bonds is 2. The fourth-order valence-corrected chi connectivity index (χ4v) is 3.98. The van der Waals surface area contributed by atoms with Crippen molar-refractivity contribution >= 4 is 16.3 Å². The van der Waals surface area contributed by atoms with E-state index in [2.05, 4.69) is 104 Å². The van der Waals surface area contributed by atoms with E-state index in [0.29, 0.717) is 0 Å². The average Bonchev–Trinajstić information content (AvgIpc) is 2.74. The Balaban J connectivity index is 1.82. The normalized spacial score (nSPS) is 18.5. The third-order valence-electron chi connectivity index (χ3n) is 5.33. The monoisotopic (exact) mass is 348 g/mol. The summed E-state index contributed by atoms with van der Waals surface area (Å²) in [6.45, 7) is 2.14. The largest absolute Gasteiger partial charge is 0.478 e. The van der Waals surface area contributed by atoms with Crippen LogP contribution in [0.5, 0.6) is 5.75 Å². The zero-order valence-electron chi connectivity index (χ0n) is 15.2. The van der Waals surface area contributed by atoms with E-state index in [1.165, 1.54) is 27.5 Å². The van der Waals surface area contributed by atoms with Crippen LogP contribution in [0.1, 0.15) is 23.6 Å². The van der Waals surface area contributed by atoms with Crippen LogP contribution in [-0.2, 0) is 5.60 Å². The highest BCUT2D eigenvalue weighted by molar-refractivity contribution is 6.01. The van der Waals surface area contributed by atoms with Crippen LogP contribution in [0.25, 0.3) is 16.3 Å². The molecule has 130 valence electrons. The topological polar surface area (TPSA) is 9.23 Å². The highest BCUT2D eigenvalue weighted by atomic mass is 16.5. The lowest BCUT2D eigenvalue weighted by molar-refractivity contribution is 0.138. The first-order valence-corrected chi connectivity index (χ1v) is 9.29. The SMILES string of the molecule is CC1(c2ccccc2)C=C(c2ccccc2)c2c(ccc3ccccc23)O1. The maximum absolute atomic E-state index is 6.59. The van der Waals surface area contributed by atoms with Crippen molar-refractivity contribution in [2.75, 3.05) is 0 Å². The van der Waals surface area contributed by atoms with Crippen LogP contribution in [0.3, 0.4) is 0 Å². The molecule has 0 bridgehead atoms. The van der Waals surface area contributed by atoms with Gasteiger partial charge in [-0.05, 0) is 46.5 Å². The summed E-state index contributed by atoms with van der Waals surface area (Å²) in [5.41, 5.74) is 4.24. The van der Waals surface area contributed by atoms with E-state index >= 15 is 0 Å².